The molecule has 3 atom stereocenters. The molecule has 2 heterocycles. The summed E-state index contributed by atoms with van der Waals surface area (Å²) in [7, 11) is 0. The van der Waals surface area contributed by atoms with Crippen molar-refractivity contribution in [2.75, 3.05) is 6.61 Å². The molecule has 2 aliphatic heterocycles. The molecule has 1 aromatic carbocycles. The number of benzene rings is 1. The molecule has 3 heteroatoms. The first kappa shape index (κ1) is 10.00. The number of rotatable bonds is 1. The molecule has 84 valence electrons. The summed E-state index contributed by atoms with van der Waals surface area (Å²) >= 11 is 0. The van der Waals surface area contributed by atoms with Gasteiger partial charge in [0.15, 0.2) is 5.78 Å². The zero-order chi connectivity index (χ0) is 11.2. The van der Waals surface area contributed by atoms with Crippen LogP contribution in [-0.4, -0.2) is 24.3 Å². The van der Waals surface area contributed by atoms with Crippen molar-refractivity contribution >= 4 is 5.78 Å². The third-order valence-corrected chi connectivity index (χ3v) is 3.48. The monoisotopic (exact) mass is 218 g/mol. The van der Waals surface area contributed by atoms with Crippen molar-refractivity contribution in [3.63, 3.8) is 0 Å². The fourth-order valence-electron chi connectivity index (χ4n) is 2.47. The Labute approximate surface area is 94.4 Å². The van der Waals surface area contributed by atoms with Crippen molar-refractivity contribution in [3.05, 3.63) is 35.9 Å². The molecule has 2 bridgehead atoms. The minimum atomic E-state index is -0.976. The molecule has 2 saturated heterocycles. The Morgan fingerprint density at radius 3 is 2.81 bits per heavy atom. The number of ether oxygens (including phenoxy) is 2. The lowest BCUT2D eigenvalue weighted by Crippen LogP contribution is -2.42. The molecular weight excluding hydrogens is 204 g/mol. The van der Waals surface area contributed by atoms with E-state index in [1.165, 1.54) is 5.56 Å². The van der Waals surface area contributed by atoms with E-state index < -0.39 is 5.79 Å². The van der Waals surface area contributed by atoms with Gasteiger partial charge >= 0.3 is 0 Å². The first-order valence-electron chi connectivity index (χ1n) is 5.59. The molecule has 0 aliphatic carbocycles. The number of fused-ring (bicyclic) bond motifs is 2. The molecule has 2 aliphatic rings. The van der Waals surface area contributed by atoms with Crippen LogP contribution < -0.4 is 0 Å². The van der Waals surface area contributed by atoms with E-state index in [1.807, 2.05) is 18.2 Å². The van der Waals surface area contributed by atoms with Crippen molar-refractivity contribution in [1.82, 2.24) is 0 Å². The molecule has 0 spiro atoms. The van der Waals surface area contributed by atoms with Gasteiger partial charge in [-0.1, -0.05) is 30.3 Å². The predicted octanol–water partition coefficient (Wildman–Crippen LogP) is 1.87. The van der Waals surface area contributed by atoms with Crippen LogP contribution >= 0.6 is 0 Å². The van der Waals surface area contributed by atoms with Crippen LogP contribution in [0.2, 0.25) is 0 Å². The van der Waals surface area contributed by atoms with Crippen LogP contribution in [0.1, 0.15) is 24.8 Å². The lowest BCUT2D eigenvalue weighted by atomic mass is 9.93. The minimum absolute atomic E-state index is 0.0198. The number of carbonyl (C=O) groups excluding carboxylic acids is 1. The second-order valence-electron chi connectivity index (χ2n) is 4.56. The fourth-order valence-corrected chi connectivity index (χ4v) is 2.47. The van der Waals surface area contributed by atoms with Crippen LogP contribution in [0.15, 0.2) is 30.3 Å². The van der Waals surface area contributed by atoms with E-state index >= 15 is 0 Å². The average Bonchev–Trinajstić information content (AvgIpc) is 2.51. The van der Waals surface area contributed by atoms with Gasteiger partial charge in [0.05, 0.1) is 12.7 Å². The Kier molecular flexibility index (Phi) is 2.13. The van der Waals surface area contributed by atoms with Crippen molar-refractivity contribution in [2.45, 2.75) is 31.2 Å². The molecule has 16 heavy (non-hydrogen) atoms. The SMILES string of the molecule is CC12OCC(c3ccccc3)C(CC1=O)O2. The molecule has 0 saturated carbocycles. The summed E-state index contributed by atoms with van der Waals surface area (Å²) in [6, 6.07) is 10.1. The van der Waals surface area contributed by atoms with Crippen molar-refractivity contribution < 1.29 is 14.3 Å². The molecule has 3 nitrogen and oxygen atoms in total. The normalized spacial score (nSPS) is 37.7. The molecule has 0 amide bonds. The van der Waals surface area contributed by atoms with Gasteiger partial charge in [-0.3, -0.25) is 4.79 Å². The first-order valence-corrected chi connectivity index (χ1v) is 5.59. The van der Waals surface area contributed by atoms with Crippen molar-refractivity contribution in [1.29, 1.82) is 0 Å². The molecule has 2 fully saturated rings. The van der Waals surface area contributed by atoms with E-state index in [-0.39, 0.29) is 17.8 Å². The zero-order valence-electron chi connectivity index (χ0n) is 9.18. The third-order valence-electron chi connectivity index (χ3n) is 3.48. The summed E-state index contributed by atoms with van der Waals surface area (Å²) in [5.41, 5.74) is 1.18. The summed E-state index contributed by atoms with van der Waals surface area (Å²) in [4.78, 5) is 11.7. The maximum absolute atomic E-state index is 11.7. The van der Waals surface area contributed by atoms with Crippen LogP contribution in [0.3, 0.4) is 0 Å². The van der Waals surface area contributed by atoms with Gasteiger partial charge in [0.2, 0.25) is 5.79 Å². The maximum atomic E-state index is 11.7. The number of hydrogen-bond donors (Lipinski definition) is 0. The molecule has 3 unspecified atom stereocenters. The van der Waals surface area contributed by atoms with E-state index in [1.54, 1.807) is 6.92 Å². The van der Waals surface area contributed by atoms with Crippen LogP contribution in [-0.2, 0) is 14.3 Å². The minimum Gasteiger partial charge on any atom is -0.343 e. The Bertz CT molecular complexity index is 414. The molecule has 0 aromatic heterocycles. The van der Waals surface area contributed by atoms with Gasteiger partial charge in [-0.05, 0) is 12.5 Å². The molecule has 3 rings (SSSR count). The second-order valence-corrected chi connectivity index (χ2v) is 4.56. The Hall–Kier alpha value is -1.19. The van der Waals surface area contributed by atoms with Gasteiger partial charge in [-0.2, -0.15) is 0 Å². The molecular formula is C13H14O3. The van der Waals surface area contributed by atoms with E-state index in [4.69, 9.17) is 9.47 Å². The van der Waals surface area contributed by atoms with Gasteiger partial charge in [-0.15, -0.1) is 0 Å². The van der Waals surface area contributed by atoms with Crippen LogP contribution in [0.25, 0.3) is 0 Å². The lowest BCUT2D eigenvalue weighted by molar-refractivity contribution is -0.246. The highest BCUT2D eigenvalue weighted by molar-refractivity contribution is 5.88. The predicted molar refractivity (Wildman–Crippen MR) is 58.0 cm³/mol. The van der Waals surface area contributed by atoms with Crippen LogP contribution in [0.4, 0.5) is 0 Å². The number of Topliss-reactive ketones (excluding diaryl/α,β-unsaturated/α-hetero) is 1. The standard InChI is InChI=1S/C13H14O3/c1-13-12(14)7-11(16-13)10(8-15-13)9-5-3-2-4-6-9/h2-6,10-11H,7-8H2,1H3. The summed E-state index contributed by atoms with van der Waals surface area (Å²) in [6.07, 6.45) is 0.449. The third kappa shape index (κ3) is 1.39. The molecule has 0 N–H and O–H groups in total. The van der Waals surface area contributed by atoms with Gasteiger partial charge in [0.1, 0.15) is 0 Å². The van der Waals surface area contributed by atoms with Crippen LogP contribution in [0.5, 0.6) is 0 Å². The topological polar surface area (TPSA) is 35.5 Å². The van der Waals surface area contributed by atoms with E-state index in [0.717, 1.165) is 0 Å². The average molecular weight is 218 g/mol. The fraction of sp³-hybridized carbons (Fsp3) is 0.462. The largest absolute Gasteiger partial charge is 0.343 e. The highest BCUT2D eigenvalue weighted by Crippen LogP contribution is 2.41. The van der Waals surface area contributed by atoms with E-state index in [0.29, 0.717) is 13.0 Å². The number of hydrogen-bond acceptors (Lipinski definition) is 3. The van der Waals surface area contributed by atoms with Gasteiger partial charge in [-0.25, -0.2) is 0 Å². The van der Waals surface area contributed by atoms with Crippen molar-refractivity contribution in [3.8, 4) is 0 Å². The van der Waals surface area contributed by atoms with Gasteiger partial charge in [0.25, 0.3) is 0 Å². The first-order chi connectivity index (χ1) is 7.69. The van der Waals surface area contributed by atoms with Gasteiger partial charge < -0.3 is 9.47 Å². The van der Waals surface area contributed by atoms with Crippen molar-refractivity contribution in [2.24, 2.45) is 0 Å². The van der Waals surface area contributed by atoms with Gasteiger partial charge in [0, 0.05) is 12.3 Å². The smallest absolute Gasteiger partial charge is 0.226 e. The molecule has 0 radical (unpaired) electrons. The Morgan fingerprint density at radius 1 is 1.31 bits per heavy atom. The maximum Gasteiger partial charge on any atom is 0.226 e. The molecule has 1 aromatic rings. The number of carbonyl (C=O) groups is 1. The van der Waals surface area contributed by atoms with E-state index in [9.17, 15) is 4.79 Å². The second kappa shape index (κ2) is 3.40. The summed E-state index contributed by atoms with van der Waals surface area (Å²) in [6.45, 7) is 2.29. The van der Waals surface area contributed by atoms with Crippen LogP contribution in [0, 0.1) is 0 Å². The summed E-state index contributed by atoms with van der Waals surface area (Å²) < 4.78 is 11.3. The highest BCUT2D eigenvalue weighted by atomic mass is 16.7. The Morgan fingerprint density at radius 2 is 2.06 bits per heavy atom. The Balaban J connectivity index is 1.89. The quantitative estimate of drug-likeness (QED) is 0.722. The van der Waals surface area contributed by atoms with E-state index in [2.05, 4.69) is 12.1 Å². The number of ketones is 1. The summed E-state index contributed by atoms with van der Waals surface area (Å²) in [5.74, 6) is -0.729. The summed E-state index contributed by atoms with van der Waals surface area (Å²) in [5, 5.41) is 0. The lowest BCUT2D eigenvalue weighted by Gasteiger charge is -2.34. The highest BCUT2D eigenvalue weighted by Gasteiger charge is 2.52. The zero-order valence-corrected chi connectivity index (χ0v) is 9.18.